The number of benzene rings is 1. The van der Waals surface area contributed by atoms with Crippen LogP contribution in [0.25, 0.3) is 0 Å². The molecular weight excluding hydrogens is 415 g/mol. The Morgan fingerprint density at radius 3 is 2.18 bits per heavy atom. The lowest BCUT2D eigenvalue weighted by atomic mass is 9.76. The normalized spacial score (nSPS) is 32.1. The Morgan fingerprint density at radius 2 is 1.58 bits per heavy atom. The minimum Gasteiger partial charge on any atom is -0.399 e. The van der Waals surface area contributed by atoms with Gasteiger partial charge in [0.1, 0.15) is 0 Å². The highest BCUT2D eigenvalue weighted by molar-refractivity contribution is 6.62. The lowest BCUT2D eigenvalue weighted by Crippen LogP contribution is -2.60. The number of hydrogen-bond acceptors (Lipinski definition) is 5. The molecule has 1 aliphatic carbocycles. The molecule has 0 spiro atoms. The smallest absolute Gasteiger partial charge is 0.399 e. The fourth-order valence-electron chi connectivity index (χ4n) is 5.72. The number of morpholine rings is 1. The highest BCUT2D eigenvalue weighted by Gasteiger charge is 2.54. The van der Waals surface area contributed by atoms with Crippen molar-refractivity contribution in [3.8, 4) is 0 Å². The molecule has 33 heavy (non-hydrogen) atoms. The summed E-state index contributed by atoms with van der Waals surface area (Å²) in [6, 6.07) is 7.06. The zero-order chi connectivity index (χ0) is 24.0. The van der Waals surface area contributed by atoms with Crippen LogP contribution in [0.3, 0.4) is 0 Å². The number of nitrogens with zero attached hydrogens (tertiary/aromatic N) is 2. The van der Waals surface area contributed by atoms with Gasteiger partial charge in [0, 0.05) is 30.9 Å². The zero-order valence-corrected chi connectivity index (χ0v) is 21.5. The highest BCUT2D eigenvalue weighted by Crippen LogP contribution is 2.46. The Balaban J connectivity index is 1.38. The molecular formula is C26H39BN2O4. The first-order chi connectivity index (χ1) is 15.2. The molecule has 0 N–H and O–H groups in total. The maximum atomic E-state index is 13.6. The third-order valence-electron chi connectivity index (χ3n) is 8.66. The monoisotopic (exact) mass is 454 g/mol. The van der Waals surface area contributed by atoms with E-state index in [0.29, 0.717) is 6.04 Å². The Kier molecular flexibility index (Phi) is 5.16. The van der Waals surface area contributed by atoms with Crippen molar-refractivity contribution in [3.05, 3.63) is 23.8 Å². The lowest BCUT2D eigenvalue weighted by Gasteiger charge is -2.50. The van der Waals surface area contributed by atoms with E-state index in [-0.39, 0.29) is 17.6 Å². The fourth-order valence-corrected chi connectivity index (χ4v) is 5.72. The molecule has 1 saturated carbocycles. The van der Waals surface area contributed by atoms with Crippen molar-refractivity contribution in [3.63, 3.8) is 0 Å². The molecule has 6 nitrogen and oxygen atoms in total. The largest absolute Gasteiger partial charge is 0.494 e. The maximum absolute atomic E-state index is 13.6. The molecule has 1 aromatic rings. The van der Waals surface area contributed by atoms with Crippen LogP contribution in [0, 0.1) is 0 Å². The Labute approximate surface area is 199 Å². The molecule has 2 saturated heterocycles. The van der Waals surface area contributed by atoms with Crippen LogP contribution >= 0.6 is 0 Å². The minimum absolute atomic E-state index is 0.0981. The van der Waals surface area contributed by atoms with Crippen molar-refractivity contribution in [2.75, 3.05) is 24.6 Å². The van der Waals surface area contributed by atoms with Gasteiger partial charge in [-0.05, 0) is 85.3 Å². The quantitative estimate of drug-likeness (QED) is 0.657. The van der Waals surface area contributed by atoms with E-state index in [4.69, 9.17) is 14.0 Å². The van der Waals surface area contributed by atoms with Gasteiger partial charge < -0.3 is 18.9 Å². The molecule has 3 heterocycles. The van der Waals surface area contributed by atoms with Crippen LogP contribution in [0.4, 0.5) is 5.69 Å². The van der Waals surface area contributed by atoms with Crippen LogP contribution in [-0.4, -0.2) is 66.5 Å². The summed E-state index contributed by atoms with van der Waals surface area (Å²) in [5.74, 6) is 0.203. The molecule has 0 bridgehead atoms. The molecule has 5 rings (SSSR count). The first kappa shape index (κ1) is 23.3. The standard InChI is InChI=1S/C26H39BN2O4/c1-23(2)16-28(11-12-31-23)18-14-19(15-18)29-21-13-17(9-10-20(21)24(3,4)22(29)30)27-32-25(5,6)26(7,8)33-27/h9-10,13,18-19H,11-12,14-16H2,1-8H3/t18-,19+. The molecule has 3 fully saturated rings. The van der Waals surface area contributed by atoms with E-state index >= 15 is 0 Å². The van der Waals surface area contributed by atoms with Crippen molar-refractivity contribution in [2.24, 2.45) is 0 Å². The van der Waals surface area contributed by atoms with E-state index in [1.807, 2.05) is 13.8 Å². The topological polar surface area (TPSA) is 51.2 Å². The van der Waals surface area contributed by atoms with Crippen molar-refractivity contribution in [1.82, 2.24) is 4.90 Å². The molecule has 7 heteroatoms. The van der Waals surface area contributed by atoms with Gasteiger partial charge in [0.05, 0.1) is 28.8 Å². The molecule has 0 unspecified atom stereocenters. The molecule has 0 aromatic heterocycles. The van der Waals surface area contributed by atoms with E-state index < -0.39 is 23.7 Å². The summed E-state index contributed by atoms with van der Waals surface area (Å²) in [5.41, 5.74) is 1.71. The first-order valence-corrected chi connectivity index (χ1v) is 12.4. The van der Waals surface area contributed by atoms with Crippen LogP contribution < -0.4 is 10.4 Å². The van der Waals surface area contributed by atoms with Crippen molar-refractivity contribution in [2.45, 2.75) is 103 Å². The van der Waals surface area contributed by atoms with Gasteiger partial charge in [-0.1, -0.05) is 12.1 Å². The number of carbonyl (C=O) groups excluding carboxylic acids is 1. The first-order valence-electron chi connectivity index (χ1n) is 12.4. The average molecular weight is 454 g/mol. The molecule has 3 aliphatic heterocycles. The Hall–Kier alpha value is -1.41. The van der Waals surface area contributed by atoms with Gasteiger partial charge >= 0.3 is 7.12 Å². The fraction of sp³-hybridized carbons (Fsp3) is 0.731. The van der Waals surface area contributed by atoms with Crippen LogP contribution in [0.1, 0.15) is 73.8 Å². The molecule has 0 atom stereocenters. The molecule has 1 aromatic carbocycles. The summed E-state index contributed by atoms with van der Waals surface area (Å²) in [5, 5.41) is 0. The van der Waals surface area contributed by atoms with E-state index in [1.165, 1.54) is 0 Å². The highest BCUT2D eigenvalue weighted by atomic mass is 16.7. The van der Waals surface area contributed by atoms with Gasteiger partial charge in [-0.15, -0.1) is 0 Å². The number of rotatable bonds is 3. The van der Waals surface area contributed by atoms with Gasteiger partial charge in [-0.2, -0.15) is 0 Å². The summed E-state index contributed by atoms with van der Waals surface area (Å²) in [7, 11) is -0.425. The summed E-state index contributed by atoms with van der Waals surface area (Å²) < 4.78 is 18.5. The summed E-state index contributed by atoms with van der Waals surface area (Å²) in [6.07, 6.45) is 2.02. The second-order valence-corrected chi connectivity index (χ2v) is 12.5. The van der Waals surface area contributed by atoms with E-state index in [1.54, 1.807) is 0 Å². The minimum atomic E-state index is -0.518. The SMILES string of the molecule is CC1(C)CN([C@H]2C[C@@H](N3C(=O)C(C)(C)c4ccc(B5OC(C)(C)C(C)(C)O5)cc43)C2)CCO1. The number of hydrogen-bond donors (Lipinski definition) is 0. The van der Waals surface area contributed by atoms with Gasteiger partial charge in [0.2, 0.25) is 5.91 Å². The molecule has 1 amide bonds. The van der Waals surface area contributed by atoms with Crippen molar-refractivity contribution in [1.29, 1.82) is 0 Å². The Morgan fingerprint density at radius 1 is 0.939 bits per heavy atom. The zero-order valence-electron chi connectivity index (χ0n) is 21.5. The maximum Gasteiger partial charge on any atom is 0.494 e. The van der Waals surface area contributed by atoms with Gasteiger partial charge in [-0.25, -0.2) is 0 Å². The third-order valence-corrected chi connectivity index (χ3v) is 8.66. The van der Waals surface area contributed by atoms with Crippen LogP contribution in [0.5, 0.6) is 0 Å². The number of anilines is 1. The van der Waals surface area contributed by atoms with Crippen LogP contribution in [0.15, 0.2) is 18.2 Å². The lowest BCUT2D eigenvalue weighted by molar-refractivity contribution is -0.124. The van der Waals surface area contributed by atoms with Crippen molar-refractivity contribution >= 4 is 24.2 Å². The van der Waals surface area contributed by atoms with Gasteiger partial charge in [0.15, 0.2) is 0 Å². The third kappa shape index (κ3) is 3.67. The molecule has 4 aliphatic rings. The number of ether oxygens (including phenoxy) is 1. The van der Waals surface area contributed by atoms with Gasteiger partial charge in [0.25, 0.3) is 0 Å². The van der Waals surface area contributed by atoms with Crippen molar-refractivity contribution < 1.29 is 18.8 Å². The number of fused-ring (bicyclic) bond motifs is 1. The predicted octanol–water partition coefficient (Wildman–Crippen LogP) is 3.25. The second kappa shape index (κ2) is 7.30. The average Bonchev–Trinajstić information content (AvgIpc) is 3.00. The summed E-state index contributed by atoms with van der Waals surface area (Å²) in [4.78, 5) is 18.2. The van der Waals surface area contributed by atoms with Gasteiger partial charge in [-0.3, -0.25) is 9.69 Å². The number of carbonyl (C=O) groups is 1. The van der Waals surface area contributed by atoms with E-state index in [2.05, 4.69) is 69.5 Å². The molecule has 180 valence electrons. The predicted molar refractivity (Wildman–Crippen MR) is 131 cm³/mol. The van der Waals surface area contributed by atoms with E-state index in [9.17, 15) is 4.79 Å². The molecule has 0 radical (unpaired) electrons. The second-order valence-electron chi connectivity index (χ2n) is 12.5. The van der Waals surface area contributed by atoms with Crippen LogP contribution in [0.2, 0.25) is 0 Å². The summed E-state index contributed by atoms with van der Waals surface area (Å²) in [6.45, 7) is 19.4. The summed E-state index contributed by atoms with van der Waals surface area (Å²) >= 11 is 0. The van der Waals surface area contributed by atoms with Crippen LogP contribution in [-0.2, 0) is 24.3 Å². The number of amides is 1. The van der Waals surface area contributed by atoms with E-state index in [0.717, 1.165) is 49.3 Å². The Bertz CT molecular complexity index is 951.